The number of carbonyl (C=O) groups excluding carboxylic acids is 1. The van der Waals surface area contributed by atoms with Crippen molar-refractivity contribution in [1.29, 1.82) is 10.8 Å². The number of hydrogen-bond donors (Lipinski definition) is 3. The number of halogens is 6. The summed E-state index contributed by atoms with van der Waals surface area (Å²) in [6, 6.07) is 7.88. The topological polar surface area (TPSA) is 123 Å². The molecule has 2 aliphatic heterocycles. The van der Waals surface area contributed by atoms with Crippen molar-refractivity contribution in [1.82, 2.24) is 5.32 Å². The maximum Gasteiger partial charge on any atom is 0.265 e. The smallest absolute Gasteiger partial charge is 0.265 e. The van der Waals surface area contributed by atoms with Crippen molar-refractivity contribution in [3.05, 3.63) is 35.9 Å². The first kappa shape index (κ1) is 27.8. The molecule has 15 heteroatoms. The second-order valence-corrected chi connectivity index (χ2v) is 11.9. The maximum absolute atomic E-state index is 12.0. The van der Waals surface area contributed by atoms with Crippen LogP contribution in [0.1, 0.15) is 18.8 Å². The lowest BCUT2D eigenvalue weighted by molar-refractivity contribution is -0.334. The second-order valence-electron chi connectivity index (χ2n) is 7.30. The molecule has 1 aromatic rings. The molecule has 188 valence electrons. The Kier molecular flexibility index (Phi) is 9.09. The summed E-state index contributed by atoms with van der Waals surface area (Å²) in [7, 11) is 0. The number of alkyl halides is 6. The molecular formula is C19H19Cl6N3O6. The zero-order valence-corrected chi connectivity index (χ0v) is 21.8. The predicted octanol–water partition coefficient (Wildman–Crippen LogP) is 4.43. The fraction of sp³-hybridized carbons (Fsp3) is 0.526. The summed E-state index contributed by atoms with van der Waals surface area (Å²) < 4.78 is 24.5. The first-order chi connectivity index (χ1) is 15.8. The van der Waals surface area contributed by atoms with E-state index in [2.05, 4.69) is 5.32 Å². The Bertz CT molecular complexity index is 912. The van der Waals surface area contributed by atoms with Gasteiger partial charge in [-0.1, -0.05) is 99.9 Å². The Morgan fingerprint density at radius 3 is 2.15 bits per heavy atom. The summed E-state index contributed by atoms with van der Waals surface area (Å²) in [6.07, 6.45) is -5.17. The van der Waals surface area contributed by atoms with Crippen LogP contribution < -0.4 is 5.32 Å². The first-order valence-electron chi connectivity index (χ1n) is 9.66. The van der Waals surface area contributed by atoms with E-state index in [4.69, 9.17) is 104 Å². The molecule has 1 amide bonds. The quantitative estimate of drug-likeness (QED) is 0.268. The summed E-state index contributed by atoms with van der Waals surface area (Å²) in [4.78, 5) is 12.0. The van der Waals surface area contributed by atoms with Crippen molar-refractivity contribution >= 4 is 87.3 Å². The van der Waals surface area contributed by atoms with Crippen LogP contribution in [-0.2, 0) is 28.5 Å². The van der Waals surface area contributed by atoms with Crippen LogP contribution in [0.2, 0.25) is 0 Å². The van der Waals surface area contributed by atoms with E-state index in [1.54, 1.807) is 12.1 Å². The molecule has 0 spiro atoms. The molecule has 2 fully saturated rings. The highest BCUT2D eigenvalue weighted by Crippen LogP contribution is 2.38. The lowest BCUT2D eigenvalue weighted by Gasteiger charge is -2.49. The van der Waals surface area contributed by atoms with Gasteiger partial charge in [0, 0.05) is 12.5 Å². The van der Waals surface area contributed by atoms with Gasteiger partial charge in [-0.2, -0.15) is 0 Å². The number of ether oxygens (including phenoxy) is 5. The molecule has 34 heavy (non-hydrogen) atoms. The van der Waals surface area contributed by atoms with Crippen LogP contribution in [0, 0.1) is 10.8 Å². The molecule has 0 aromatic heterocycles. The predicted molar refractivity (Wildman–Crippen MR) is 128 cm³/mol. The number of carbonyl (C=O) groups is 1. The van der Waals surface area contributed by atoms with Crippen molar-refractivity contribution in [2.24, 2.45) is 0 Å². The summed E-state index contributed by atoms with van der Waals surface area (Å²) in [5.41, 5.74) is 0.712. The van der Waals surface area contributed by atoms with Crippen LogP contribution in [0.15, 0.2) is 30.3 Å². The summed E-state index contributed by atoms with van der Waals surface area (Å²) in [5.74, 6) is -2.02. The molecule has 0 radical (unpaired) electrons. The van der Waals surface area contributed by atoms with Crippen molar-refractivity contribution in [2.75, 3.05) is 6.61 Å². The summed E-state index contributed by atoms with van der Waals surface area (Å²) >= 11 is 34.6. The van der Waals surface area contributed by atoms with E-state index >= 15 is 0 Å². The van der Waals surface area contributed by atoms with Crippen molar-refractivity contribution in [3.63, 3.8) is 0 Å². The van der Waals surface area contributed by atoms with Gasteiger partial charge in [0.1, 0.15) is 18.2 Å². The van der Waals surface area contributed by atoms with E-state index in [1.807, 2.05) is 18.2 Å². The number of fused-ring (bicyclic) bond motifs is 1. The van der Waals surface area contributed by atoms with Gasteiger partial charge < -0.3 is 29.0 Å². The van der Waals surface area contributed by atoms with Crippen molar-refractivity contribution in [2.45, 2.75) is 51.4 Å². The van der Waals surface area contributed by atoms with Crippen LogP contribution in [0.25, 0.3) is 0 Å². The molecule has 2 saturated heterocycles. The van der Waals surface area contributed by atoms with Crippen LogP contribution in [0.5, 0.6) is 0 Å². The number of hydrogen-bond acceptors (Lipinski definition) is 8. The van der Waals surface area contributed by atoms with Crippen molar-refractivity contribution in [3.8, 4) is 0 Å². The Hall–Kier alpha value is -0.750. The minimum atomic E-state index is -2.21. The second kappa shape index (κ2) is 11.1. The van der Waals surface area contributed by atoms with Gasteiger partial charge in [0.25, 0.3) is 7.59 Å². The van der Waals surface area contributed by atoms with E-state index in [9.17, 15) is 4.79 Å². The van der Waals surface area contributed by atoms with Crippen LogP contribution >= 0.6 is 69.6 Å². The summed E-state index contributed by atoms with van der Waals surface area (Å²) in [5, 5.41) is 18.6. The summed E-state index contributed by atoms with van der Waals surface area (Å²) in [6.45, 7) is 1.23. The van der Waals surface area contributed by atoms with Crippen LogP contribution in [0.3, 0.4) is 0 Å². The average Bonchev–Trinajstić information content (AvgIpc) is 2.74. The molecule has 3 N–H and O–H groups in total. The molecule has 6 atom stereocenters. The third kappa shape index (κ3) is 6.93. The normalized spacial score (nSPS) is 29.5. The Balaban J connectivity index is 1.95. The number of benzene rings is 1. The standard InChI is InChI=1S/C19H19Cl6N3O6/c1-8(29)28-11-13(33-16(26)18(20,21)22)12-10(31-15(11)34-17(27)19(23,24)25)7-30-14(32-12)9-5-3-2-4-6-9/h2-6,10-15,26-27H,7H2,1H3,(H,28,29)/t10-,11-,12+,13-,14?,15-/m1/s1. The fourth-order valence-corrected chi connectivity index (χ4v) is 3.63. The van der Waals surface area contributed by atoms with Crippen molar-refractivity contribution < 1.29 is 28.5 Å². The van der Waals surface area contributed by atoms with Gasteiger partial charge >= 0.3 is 0 Å². The van der Waals surface area contributed by atoms with Crippen LogP contribution in [-0.4, -0.2) is 62.5 Å². The molecule has 0 aliphatic carbocycles. The Labute approximate surface area is 225 Å². The molecular weight excluding hydrogens is 579 g/mol. The van der Waals surface area contributed by atoms with Gasteiger partial charge in [-0.05, 0) is 0 Å². The monoisotopic (exact) mass is 595 g/mol. The maximum atomic E-state index is 12.0. The minimum Gasteiger partial charge on any atom is -0.469 e. The molecule has 1 aromatic carbocycles. The van der Waals surface area contributed by atoms with E-state index < -0.39 is 62.2 Å². The lowest BCUT2D eigenvalue weighted by atomic mass is 9.95. The molecule has 0 bridgehead atoms. The molecule has 9 nitrogen and oxygen atoms in total. The SMILES string of the molecule is CC(=O)N[C@H]1[C@@H](OC(=N)C(Cl)(Cl)Cl)O[C@@H]2COC(c3ccccc3)O[C@@H]2[C@@H]1OC(=N)C(Cl)(Cl)Cl. The molecule has 2 heterocycles. The Morgan fingerprint density at radius 1 is 1.00 bits per heavy atom. The fourth-order valence-electron chi connectivity index (χ4n) is 3.37. The van der Waals surface area contributed by atoms with Gasteiger partial charge in [0.05, 0.1) is 6.61 Å². The van der Waals surface area contributed by atoms with Gasteiger partial charge in [-0.15, -0.1) is 0 Å². The van der Waals surface area contributed by atoms with E-state index in [0.29, 0.717) is 5.56 Å². The van der Waals surface area contributed by atoms with Crippen LogP contribution in [0.4, 0.5) is 0 Å². The zero-order valence-electron chi connectivity index (χ0n) is 17.3. The van der Waals surface area contributed by atoms with E-state index in [0.717, 1.165) is 0 Å². The average molecular weight is 598 g/mol. The first-order valence-corrected chi connectivity index (χ1v) is 11.9. The third-order valence-electron chi connectivity index (χ3n) is 4.78. The van der Waals surface area contributed by atoms with Gasteiger partial charge in [0.15, 0.2) is 12.4 Å². The molecule has 1 unspecified atom stereocenters. The highest BCUT2D eigenvalue weighted by atomic mass is 35.6. The van der Waals surface area contributed by atoms with Gasteiger partial charge in [-0.3, -0.25) is 15.6 Å². The highest BCUT2D eigenvalue weighted by Gasteiger charge is 2.54. The van der Waals surface area contributed by atoms with E-state index in [1.165, 1.54) is 6.92 Å². The van der Waals surface area contributed by atoms with Gasteiger partial charge in [0.2, 0.25) is 24.0 Å². The number of amides is 1. The molecule has 0 saturated carbocycles. The lowest BCUT2D eigenvalue weighted by Crippen LogP contribution is -2.68. The third-order valence-corrected chi connectivity index (χ3v) is 5.81. The minimum absolute atomic E-state index is 0.00105. The molecule has 2 aliphatic rings. The zero-order chi connectivity index (χ0) is 25.3. The van der Waals surface area contributed by atoms with Gasteiger partial charge in [-0.25, -0.2) is 0 Å². The van der Waals surface area contributed by atoms with E-state index in [-0.39, 0.29) is 6.61 Å². The number of rotatable bonds is 4. The largest absolute Gasteiger partial charge is 0.469 e. The number of nitrogens with one attached hydrogen (secondary N) is 3. The highest BCUT2D eigenvalue weighted by molar-refractivity contribution is 6.76. The Morgan fingerprint density at radius 2 is 1.59 bits per heavy atom. The molecule has 3 rings (SSSR count).